The van der Waals surface area contributed by atoms with E-state index in [2.05, 4.69) is 0 Å². The van der Waals surface area contributed by atoms with Gasteiger partial charge in [0.15, 0.2) is 0 Å². The number of benzene rings is 2. The molecule has 0 aliphatic carbocycles. The van der Waals surface area contributed by atoms with Gasteiger partial charge in [-0.1, -0.05) is 30.3 Å². The average Bonchev–Trinajstić information content (AvgIpc) is 2.68. The first-order valence-electron chi connectivity index (χ1n) is 8.89. The molecule has 2 amide bonds. The minimum Gasteiger partial charge on any atom is -0.335 e. The number of rotatable bonds is 4. The van der Waals surface area contributed by atoms with Crippen LogP contribution in [0.3, 0.4) is 0 Å². The summed E-state index contributed by atoms with van der Waals surface area (Å²) in [5.41, 5.74) is 3.17. The highest BCUT2D eigenvalue weighted by Crippen LogP contribution is 2.15. The standard InChI is InChI=1S/C21H23FN2O2/c1-16-4-2-3-5-19(16)21(26)24-14-12-23(13-15-24)20(25)18-8-6-17(7-9-18)10-11-22/h2-9H,10-15H2,1H3. The predicted molar refractivity (Wildman–Crippen MR) is 99.1 cm³/mol. The molecule has 2 aromatic carbocycles. The quantitative estimate of drug-likeness (QED) is 0.846. The summed E-state index contributed by atoms with van der Waals surface area (Å²) in [7, 11) is 0. The first-order valence-corrected chi connectivity index (χ1v) is 8.89. The lowest BCUT2D eigenvalue weighted by Crippen LogP contribution is -2.50. The van der Waals surface area contributed by atoms with Crippen molar-refractivity contribution in [2.45, 2.75) is 13.3 Å². The van der Waals surface area contributed by atoms with Crippen LogP contribution < -0.4 is 0 Å². The monoisotopic (exact) mass is 354 g/mol. The molecular formula is C21H23FN2O2. The highest BCUT2D eigenvalue weighted by atomic mass is 19.1. The van der Waals surface area contributed by atoms with E-state index in [0.29, 0.717) is 38.2 Å². The maximum Gasteiger partial charge on any atom is 0.254 e. The molecule has 0 unspecified atom stereocenters. The summed E-state index contributed by atoms with van der Waals surface area (Å²) >= 11 is 0. The summed E-state index contributed by atoms with van der Waals surface area (Å²) in [6.45, 7) is 3.62. The van der Waals surface area contributed by atoms with Crippen LogP contribution in [0.15, 0.2) is 48.5 Å². The molecule has 3 rings (SSSR count). The summed E-state index contributed by atoms with van der Waals surface area (Å²) in [6, 6.07) is 14.6. The fraction of sp³-hybridized carbons (Fsp3) is 0.333. The van der Waals surface area contributed by atoms with Crippen molar-refractivity contribution in [3.05, 3.63) is 70.8 Å². The van der Waals surface area contributed by atoms with E-state index in [4.69, 9.17) is 0 Å². The Morgan fingerprint density at radius 2 is 1.46 bits per heavy atom. The summed E-state index contributed by atoms with van der Waals surface area (Å²) in [5, 5.41) is 0. The van der Waals surface area contributed by atoms with Gasteiger partial charge in [0.25, 0.3) is 11.8 Å². The van der Waals surface area contributed by atoms with Crippen molar-refractivity contribution in [3.8, 4) is 0 Å². The minimum absolute atomic E-state index is 0.0192. The van der Waals surface area contributed by atoms with Crippen molar-refractivity contribution in [1.29, 1.82) is 0 Å². The van der Waals surface area contributed by atoms with Gasteiger partial charge in [-0.25, -0.2) is 0 Å². The van der Waals surface area contributed by atoms with E-state index in [0.717, 1.165) is 16.7 Å². The van der Waals surface area contributed by atoms with Crippen LogP contribution in [-0.4, -0.2) is 54.5 Å². The molecule has 0 aromatic heterocycles. The first kappa shape index (κ1) is 18.1. The number of hydrogen-bond acceptors (Lipinski definition) is 2. The third-order valence-corrected chi connectivity index (χ3v) is 4.81. The second-order valence-electron chi connectivity index (χ2n) is 6.54. The van der Waals surface area contributed by atoms with Crippen molar-refractivity contribution in [3.63, 3.8) is 0 Å². The van der Waals surface area contributed by atoms with Crippen LogP contribution in [0.2, 0.25) is 0 Å². The van der Waals surface area contributed by atoms with Crippen LogP contribution in [0.4, 0.5) is 4.39 Å². The van der Waals surface area contributed by atoms with Crippen LogP contribution in [0.25, 0.3) is 0 Å². The Kier molecular flexibility index (Phi) is 5.66. The molecule has 5 heteroatoms. The van der Waals surface area contributed by atoms with Gasteiger partial charge in [0.1, 0.15) is 0 Å². The smallest absolute Gasteiger partial charge is 0.254 e. The van der Waals surface area contributed by atoms with Gasteiger partial charge in [-0.05, 0) is 36.2 Å². The van der Waals surface area contributed by atoms with Crippen molar-refractivity contribution in [2.75, 3.05) is 32.9 Å². The lowest BCUT2D eigenvalue weighted by molar-refractivity contribution is 0.0535. The zero-order valence-electron chi connectivity index (χ0n) is 15.0. The van der Waals surface area contributed by atoms with Crippen LogP contribution in [0.5, 0.6) is 0 Å². The van der Waals surface area contributed by atoms with Gasteiger partial charge >= 0.3 is 0 Å². The van der Waals surface area contributed by atoms with E-state index >= 15 is 0 Å². The molecule has 1 heterocycles. The van der Waals surface area contributed by atoms with Gasteiger partial charge in [0.05, 0.1) is 6.67 Å². The molecule has 0 radical (unpaired) electrons. The van der Waals surface area contributed by atoms with E-state index in [1.54, 1.807) is 34.1 Å². The molecule has 0 bridgehead atoms. The number of carbonyl (C=O) groups excluding carboxylic acids is 2. The minimum atomic E-state index is -0.399. The summed E-state index contributed by atoms with van der Waals surface area (Å²) < 4.78 is 12.4. The van der Waals surface area contributed by atoms with E-state index in [1.807, 2.05) is 31.2 Å². The number of hydrogen-bond donors (Lipinski definition) is 0. The van der Waals surface area contributed by atoms with Gasteiger partial charge < -0.3 is 9.80 Å². The second kappa shape index (κ2) is 8.13. The van der Waals surface area contributed by atoms with Crippen molar-refractivity contribution < 1.29 is 14.0 Å². The maximum absolute atomic E-state index is 12.7. The predicted octanol–water partition coefficient (Wildman–Crippen LogP) is 3.11. The Bertz CT molecular complexity index is 781. The van der Waals surface area contributed by atoms with Crippen LogP contribution in [-0.2, 0) is 6.42 Å². The molecule has 1 fully saturated rings. The summed E-state index contributed by atoms with van der Waals surface area (Å²) in [5.74, 6) is -0.0226. The van der Waals surface area contributed by atoms with Crippen molar-refractivity contribution >= 4 is 11.8 Å². The molecule has 0 spiro atoms. The molecule has 136 valence electrons. The molecular weight excluding hydrogens is 331 g/mol. The molecule has 0 atom stereocenters. The van der Waals surface area contributed by atoms with Crippen molar-refractivity contribution in [2.24, 2.45) is 0 Å². The summed E-state index contributed by atoms with van der Waals surface area (Å²) in [6.07, 6.45) is 0.369. The van der Waals surface area contributed by atoms with Gasteiger partial charge in [-0.2, -0.15) is 0 Å². The molecule has 2 aromatic rings. The van der Waals surface area contributed by atoms with E-state index in [9.17, 15) is 14.0 Å². The van der Waals surface area contributed by atoms with E-state index in [1.165, 1.54) is 0 Å². The Morgan fingerprint density at radius 3 is 2.04 bits per heavy atom. The number of nitrogens with zero attached hydrogens (tertiary/aromatic N) is 2. The van der Waals surface area contributed by atoms with Crippen LogP contribution >= 0.6 is 0 Å². The normalized spacial score (nSPS) is 14.4. The number of alkyl halides is 1. The van der Waals surface area contributed by atoms with Gasteiger partial charge in [0, 0.05) is 43.7 Å². The largest absolute Gasteiger partial charge is 0.335 e. The molecule has 0 saturated carbocycles. The number of carbonyl (C=O) groups is 2. The highest BCUT2D eigenvalue weighted by molar-refractivity contribution is 5.96. The number of aryl methyl sites for hydroxylation is 2. The highest BCUT2D eigenvalue weighted by Gasteiger charge is 2.26. The zero-order valence-corrected chi connectivity index (χ0v) is 15.0. The zero-order chi connectivity index (χ0) is 18.5. The van der Waals surface area contributed by atoms with Crippen molar-refractivity contribution in [1.82, 2.24) is 9.80 Å². The fourth-order valence-electron chi connectivity index (χ4n) is 3.20. The summed E-state index contributed by atoms with van der Waals surface area (Å²) in [4.78, 5) is 28.8. The molecule has 26 heavy (non-hydrogen) atoms. The van der Waals surface area contributed by atoms with Crippen LogP contribution in [0, 0.1) is 6.92 Å². The molecule has 4 nitrogen and oxygen atoms in total. The molecule has 0 N–H and O–H groups in total. The lowest BCUT2D eigenvalue weighted by Gasteiger charge is -2.35. The van der Waals surface area contributed by atoms with E-state index < -0.39 is 6.67 Å². The van der Waals surface area contributed by atoms with Gasteiger partial charge in [0.2, 0.25) is 0 Å². The molecule has 1 aliphatic heterocycles. The Morgan fingerprint density at radius 1 is 0.885 bits per heavy atom. The Labute approximate surface area is 153 Å². The maximum atomic E-state index is 12.7. The number of piperazine rings is 1. The van der Waals surface area contributed by atoms with E-state index in [-0.39, 0.29) is 11.8 Å². The average molecular weight is 354 g/mol. The first-order chi connectivity index (χ1) is 12.6. The van der Waals surface area contributed by atoms with Crippen LogP contribution in [0.1, 0.15) is 31.8 Å². The topological polar surface area (TPSA) is 40.6 Å². The van der Waals surface area contributed by atoms with Gasteiger partial charge in [-0.3, -0.25) is 14.0 Å². The molecule has 1 aliphatic rings. The van der Waals surface area contributed by atoms with Gasteiger partial charge in [-0.15, -0.1) is 0 Å². The lowest BCUT2D eigenvalue weighted by atomic mass is 10.1. The Balaban J connectivity index is 1.60. The molecule has 1 saturated heterocycles. The third-order valence-electron chi connectivity index (χ3n) is 4.81. The third kappa shape index (κ3) is 3.93. The number of halogens is 1. The fourth-order valence-corrected chi connectivity index (χ4v) is 3.20. The second-order valence-corrected chi connectivity index (χ2v) is 6.54. The SMILES string of the molecule is Cc1ccccc1C(=O)N1CCN(C(=O)c2ccc(CCF)cc2)CC1. The Hall–Kier alpha value is -2.69. The number of amides is 2.